The number of carbonyl (C=O) groups is 3. The van der Waals surface area contributed by atoms with Gasteiger partial charge in [0.25, 0.3) is 0 Å². The Morgan fingerprint density at radius 1 is 1.17 bits per heavy atom. The van der Waals surface area contributed by atoms with Gasteiger partial charge in [-0.3, -0.25) is 4.79 Å². The minimum Gasteiger partial charge on any atom is -0.459 e. The Kier molecular flexibility index (Phi) is 6.95. The molecule has 30 heavy (non-hydrogen) atoms. The van der Waals surface area contributed by atoms with E-state index in [0.717, 1.165) is 36.8 Å². The van der Waals surface area contributed by atoms with E-state index in [0.29, 0.717) is 12.3 Å². The molecule has 1 amide bonds. The van der Waals surface area contributed by atoms with Gasteiger partial charge in [0.15, 0.2) is 5.78 Å². The molecule has 2 aliphatic carbocycles. The number of esters is 1. The van der Waals surface area contributed by atoms with Crippen molar-refractivity contribution < 1.29 is 23.9 Å². The van der Waals surface area contributed by atoms with Crippen LogP contribution in [0.5, 0.6) is 0 Å². The number of benzene rings is 1. The molecule has 0 unspecified atom stereocenters. The Morgan fingerprint density at radius 3 is 2.50 bits per heavy atom. The molecule has 0 heterocycles. The first-order valence-electron chi connectivity index (χ1n) is 10.7. The van der Waals surface area contributed by atoms with Crippen LogP contribution in [0.25, 0.3) is 0 Å². The molecule has 0 aliphatic heterocycles. The van der Waals surface area contributed by atoms with Crippen LogP contribution in [0.15, 0.2) is 42.0 Å². The first kappa shape index (κ1) is 22.1. The van der Waals surface area contributed by atoms with Crippen molar-refractivity contribution >= 4 is 17.8 Å². The molecule has 6 nitrogen and oxygen atoms in total. The van der Waals surface area contributed by atoms with Gasteiger partial charge in [0, 0.05) is 0 Å². The minimum absolute atomic E-state index is 0.0640. The van der Waals surface area contributed by atoms with Crippen molar-refractivity contribution in [1.29, 1.82) is 0 Å². The van der Waals surface area contributed by atoms with Crippen molar-refractivity contribution in [3.05, 3.63) is 47.5 Å². The average Bonchev–Trinajstić information content (AvgIpc) is 3.50. The van der Waals surface area contributed by atoms with Crippen molar-refractivity contribution in [2.45, 2.75) is 71.1 Å². The summed E-state index contributed by atoms with van der Waals surface area (Å²) in [6.45, 7) is 5.32. The summed E-state index contributed by atoms with van der Waals surface area (Å²) in [5.74, 6) is -0.842. The highest BCUT2D eigenvalue weighted by molar-refractivity contribution is 6.01. The number of Topliss-reactive ketones (excluding diaryl/α,β-unsaturated/α-hetero) is 1. The Balaban J connectivity index is 1.74. The number of alkyl carbamates (subject to hydrolysis) is 1. The van der Waals surface area contributed by atoms with Crippen molar-refractivity contribution in [3.63, 3.8) is 0 Å². The first-order chi connectivity index (χ1) is 14.2. The van der Waals surface area contributed by atoms with E-state index in [1.807, 2.05) is 36.4 Å². The molecule has 1 N–H and O–H groups in total. The molecule has 3 rings (SSSR count). The van der Waals surface area contributed by atoms with E-state index in [2.05, 4.69) is 5.32 Å². The molecule has 0 radical (unpaired) electrons. The van der Waals surface area contributed by atoms with Gasteiger partial charge in [-0.15, -0.1) is 0 Å². The van der Waals surface area contributed by atoms with E-state index < -0.39 is 29.6 Å². The number of ether oxygens (including phenoxy) is 2. The number of hydrogen-bond donors (Lipinski definition) is 1. The molecule has 1 aromatic rings. The van der Waals surface area contributed by atoms with Crippen LogP contribution >= 0.6 is 0 Å². The standard InChI is InChI=1S/C24H31NO5/c1-24(2,3)30-23(28)25-20(22(27)29-15-17-8-5-4-6-9-17)19-11-7-10-18(21(19)26)14-16-12-13-16/h4-6,8-9,14,16,19-20H,7,10-13,15H2,1-3H3,(H,25,28)/b18-14+/t19-,20-/m0/s1. The van der Waals surface area contributed by atoms with Gasteiger partial charge in [0.2, 0.25) is 0 Å². The van der Waals surface area contributed by atoms with Crippen LogP contribution in [0.1, 0.15) is 58.4 Å². The average molecular weight is 414 g/mol. The van der Waals surface area contributed by atoms with Gasteiger partial charge in [0.1, 0.15) is 18.2 Å². The summed E-state index contributed by atoms with van der Waals surface area (Å²) < 4.78 is 10.8. The molecule has 0 bridgehead atoms. The topological polar surface area (TPSA) is 81.7 Å². The highest BCUT2D eigenvalue weighted by atomic mass is 16.6. The normalized spacial score (nSPS) is 21.8. The molecule has 2 fully saturated rings. The lowest BCUT2D eigenvalue weighted by Gasteiger charge is -2.30. The van der Waals surface area contributed by atoms with E-state index in [1.165, 1.54) is 0 Å². The van der Waals surface area contributed by atoms with Crippen molar-refractivity contribution in [2.75, 3.05) is 0 Å². The maximum absolute atomic E-state index is 13.1. The van der Waals surface area contributed by atoms with Crippen molar-refractivity contribution in [2.24, 2.45) is 11.8 Å². The van der Waals surface area contributed by atoms with E-state index >= 15 is 0 Å². The third-order valence-electron chi connectivity index (χ3n) is 5.23. The van der Waals surface area contributed by atoms with Crippen LogP contribution in [0.4, 0.5) is 4.79 Å². The summed E-state index contributed by atoms with van der Waals surface area (Å²) in [5, 5.41) is 2.62. The lowest BCUT2D eigenvalue weighted by Crippen LogP contribution is -2.51. The van der Waals surface area contributed by atoms with E-state index in [4.69, 9.17) is 9.47 Å². The molecule has 2 saturated carbocycles. The summed E-state index contributed by atoms with van der Waals surface area (Å²) in [6.07, 6.45) is 5.60. The number of amides is 1. The monoisotopic (exact) mass is 413 g/mol. The summed E-state index contributed by atoms with van der Waals surface area (Å²) in [5.41, 5.74) is 0.905. The van der Waals surface area contributed by atoms with Crippen LogP contribution in [0, 0.1) is 11.8 Å². The molecule has 2 aliphatic rings. The molecule has 2 atom stereocenters. The van der Waals surface area contributed by atoms with Crippen LogP contribution in [-0.4, -0.2) is 29.5 Å². The van der Waals surface area contributed by atoms with Gasteiger partial charge in [-0.05, 0) is 69.9 Å². The fraction of sp³-hybridized carbons (Fsp3) is 0.542. The van der Waals surface area contributed by atoms with E-state index in [1.54, 1.807) is 20.8 Å². The third kappa shape index (κ3) is 6.44. The predicted molar refractivity (Wildman–Crippen MR) is 113 cm³/mol. The maximum Gasteiger partial charge on any atom is 0.408 e. The lowest BCUT2D eigenvalue weighted by molar-refractivity contribution is -0.151. The molecule has 0 saturated heterocycles. The maximum atomic E-state index is 13.1. The molecular weight excluding hydrogens is 382 g/mol. The van der Waals surface area contributed by atoms with Gasteiger partial charge < -0.3 is 14.8 Å². The molecule has 0 aromatic heterocycles. The van der Waals surface area contributed by atoms with Gasteiger partial charge in [0.05, 0.1) is 5.92 Å². The van der Waals surface area contributed by atoms with Crippen LogP contribution in [0.3, 0.4) is 0 Å². The third-order valence-corrected chi connectivity index (χ3v) is 5.23. The second-order valence-electron chi connectivity index (χ2n) is 9.11. The van der Waals surface area contributed by atoms with Crippen molar-refractivity contribution in [1.82, 2.24) is 5.32 Å². The number of allylic oxidation sites excluding steroid dienone is 2. The van der Waals surface area contributed by atoms with E-state index in [9.17, 15) is 14.4 Å². The molecule has 162 valence electrons. The van der Waals surface area contributed by atoms with Crippen LogP contribution < -0.4 is 5.32 Å². The Hall–Kier alpha value is -2.63. The summed E-state index contributed by atoms with van der Waals surface area (Å²) in [6, 6.07) is 8.24. The SMILES string of the molecule is CC(C)(C)OC(=O)N[C@H](C(=O)OCc1ccccc1)[C@@H]1CCC/C(=C\C2CC2)C1=O. The fourth-order valence-corrected chi connectivity index (χ4v) is 3.61. The zero-order valence-electron chi connectivity index (χ0n) is 18.0. The second-order valence-corrected chi connectivity index (χ2v) is 9.11. The first-order valence-corrected chi connectivity index (χ1v) is 10.7. The minimum atomic E-state index is -1.07. The number of carbonyl (C=O) groups excluding carboxylic acids is 3. The summed E-state index contributed by atoms with van der Waals surface area (Å²) in [7, 11) is 0. The number of nitrogens with one attached hydrogen (secondary N) is 1. The quantitative estimate of drug-likeness (QED) is 0.555. The Bertz CT molecular complexity index is 805. The fourth-order valence-electron chi connectivity index (χ4n) is 3.61. The van der Waals surface area contributed by atoms with Crippen molar-refractivity contribution in [3.8, 4) is 0 Å². The lowest BCUT2D eigenvalue weighted by atomic mass is 9.79. The largest absolute Gasteiger partial charge is 0.459 e. The smallest absolute Gasteiger partial charge is 0.408 e. The van der Waals surface area contributed by atoms with Gasteiger partial charge in [-0.1, -0.05) is 36.4 Å². The summed E-state index contributed by atoms with van der Waals surface area (Å²) >= 11 is 0. The van der Waals surface area contributed by atoms with Gasteiger partial charge >= 0.3 is 12.1 Å². The number of hydrogen-bond acceptors (Lipinski definition) is 5. The molecule has 6 heteroatoms. The molecular formula is C24H31NO5. The number of ketones is 1. The van der Waals surface area contributed by atoms with Crippen LogP contribution in [0.2, 0.25) is 0 Å². The number of rotatable bonds is 6. The highest BCUT2D eigenvalue weighted by Crippen LogP contribution is 2.36. The Morgan fingerprint density at radius 2 is 1.87 bits per heavy atom. The predicted octanol–water partition coefficient (Wildman–Crippen LogP) is 4.33. The van der Waals surface area contributed by atoms with Gasteiger partial charge in [-0.2, -0.15) is 0 Å². The van der Waals surface area contributed by atoms with E-state index in [-0.39, 0.29) is 12.4 Å². The zero-order chi connectivity index (χ0) is 21.7. The molecule has 0 spiro atoms. The summed E-state index contributed by atoms with van der Waals surface area (Å²) in [4.78, 5) is 38.4. The van der Waals surface area contributed by atoms with Crippen LogP contribution in [-0.2, 0) is 25.7 Å². The van der Waals surface area contributed by atoms with Gasteiger partial charge in [-0.25, -0.2) is 9.59 Å². The Labute approximate surface area is 178 Å². The highest BCUT2D eigenvalue weighted by Gasteiger charge is 2.40. The molecule has 1 aromatic carbocycles. The second kappa shape index (κ2) is 9.45. The zero-order valence-corrected chi connectivity index (χ0v) is 18.0.